The Morgan fingerprint density at radius 2 is 2.00 bits per heavy atom. The lowest BCUT2D eigenvalue weighted by Gasteiger charge is -2.11. The third-order valence-corrected chi connectivity index (χ3v) is 3.96. The molecule has 6 heteroatoms. The molecule has 118 valence electrons. The molecule has 0 aliphatic heterocycles. The van der Waals surface area contributed by atoms with E-state index >= 15 is 0 Å². The van der Waals surface area contributed by atoms with E-state index in [0.717, 1.165) is 10.9 Å². The van der Waals surface area contributed by atoms with Gasteiger partial charge in [-0.15, -0.1) is 0 Å². The first-order valence-electron chi connectivity index (χ1n) is 7.29. The number of nitrogens with one attached hydrogen (secondary N) is 1. The summed E-state index contributed by atoms with van der Waals surface area (Å²) in [6, 6.07) is 7.50. The first kappa shape index (κ1) is 15.0. The lowest BCUT2D eigenvalue weighted by molar-refractivity contribution is 0.0318. The fraction of sp³-hybridized carbons (Fsp3) is 0.235. The highest BCUT2D eigenvalue weighted by molar-refractivity contribution is 6.10. The van der Waals surface area contributed by atoms with E-state index in [1.54, 1.807) is 31.8 Å². The second kappa shape index (κ2) is 5.72. The van der Waals surface area contributed by atoms with Gasteiger partial charge in [-0.1, -0.05) is 18.2 Å². The summed E-state index contributed by atoms with van der Waals surface area (Å²) in [7, 11) is 1.74. The van der Waals surface area contributed by atoms with Gasteiger partial charge in [-0.25, -0.2) is 4.79 Å². The van der Waals surface area contributed by atoms with E-state index in [1.165, 1.54) is 6.20 Å². The summed E-state index contributed by atoms with van der Waals surface area (Å²) >= 11 is 0. The van der Waals surface area contributed by atoms with Crippen molar-refractivity contribution in [1.82, 2.24) is 14.8 Å². The molecule has 1 atom stereocenters. The summed E-state index contributed by atoms with van der Waals surface area (Å²) in [4.78, 5) is 27.8. The number of benzene rings is 1. The summed E-state index contributed by atoms with van der Waals surface area (Å²) < 4.78 is 6.90. The van der Waals surface area contributed by atoms with Crippen molar-refractivity contribution in [2.24, 2.45) is 7.05 Å². The summed E-state index contributed by atoms with van der Waals surface area (Å²) in [5.74, 6) is -0.784. The van der Waals surface area contributed by atoms with Crippen molar-refractivity contribution < 1.29 is 14.3 Å². The van der Waals surface area contributed by atoms with Gasteiger partial charge in [0.2, 0.25) is 5.78 Å². The average molecular weight is 311 g/mol. The minimum absolute atomic E-state index is 0.239. The van der Waals surface area contributed by atoms with Crippen LogP contribution in [0, 0.1) is 6.92 Å². The van der Waals surface area contributed by atoms with Crippen LogP contribution in [-0.2, 0) is 11.8 Å². The smallest absolute Gasteiger partial charge is 0.342 e. The van der Waals surface area contributed by atoms with Crippen molar-refractivity contribution >= 4 is 22.7 Å². The highest BCUT2D eigenvalue weighted by atomic mass is 16.5. The zero-order valence-corrected chi connectivity index (χ0v) is 13.2. The fourth-order valence-corrected chi connectivity index (χ4v) is 2.47. The average Bonchev–Trinajstić information content (AvgIpc) is 3.11. The van der Waals surface area contributed by atoms with Crippen LogP contribution in [-0.4, -0.2) is 32.6 Å². The predicted octanol–water partition coefficient (Wildman–Crippen LogP) is 2.64. The Labute approximate surface area is 133 Å². The van der Waals surface area contributed by atoms with Crippen molar-refractivity contribution in [2.45, 2.75) is 20.0 Å². The number of hydrogen-bond acceptors (Lipinski definition) is 4. The van der Waals surface area contributed by atoms with Gasteiger partial charge in [0.25, 0.3) is 0 Å². The van der Waals surface area contributed by atoms with E-state index in [0.29, 0.717) is 16.8 Å². The molecule has 0 fully saturated rings. The van der Waals surface area contributed by atoms with E-state index in [4.69, 9.17) is 4.74 Å². The number of hydrogen-bond donors (Lipinski definition) is 1. The number of aromatic nitrogens is 3. The number of nitrogens with zero attached hydrogens (tertiary/aromatic N) is 2. The SMILES string of the molecule is Cc1c(C(=O)O[C@H](C)C(=O)c2c[nH]c3ccccc23)cnn1C. The quantitative estimate of drug-likeness (QED) is 0.593. The van der Waals surface area contributed by atoms with Gasteiger partial charge in [0.1, 0.15) is 5.56 Å². The van der Waals surface area contributed by atoms with E-state index in [1.807, 2.05) is 24.3 Å². The molecule has 23 heavy (non-hydrogen) atoms. The van der Waals surface area contributed by atoms with Crippen LogP contribution < -0.4 is 0 Å². The molecule has 2 aromatic heterocycles. The van der Waals surface area contributed by atoms with Gasteiger partial charge in [0.15, 0.2) is 6.10 Å². The number of carbonyl (C=O) groups is 2. The van der Waals surface area contributed by atoms with Crippen LogP contribution in [0.2, 0.25) is 0 Å². The number of aromatic amines is 1. The van der Waals surface area contributed by atoms with E-state index in [9.17, 15) is 9.59 Å². The van der Waals surface area contributed by atoms with Gasteiger partial charge < -0.3 is 9.72 Å². The molecular formula is C17H17N3O3. The Hall–Kier alpha value is -2.89. The first-order valence-corrected chi connectivity index (χ1v) is 7.29. The molecule has 1 N–H and O–H groups in total. The van der Waals surface area contributed by atoms with Crippen LogP contribution in [0.1, 0.15) is 33.3 Å². The molecule has 6 nitrogen and oxygen atoms in total. The molecule has 0 radical (unpaired) electrons. The number of Topliss-reactive ketones (excluding diaryl/α,β-unsaturated/α-hetero) is 1. The zero-order valence-electron chi connectivity index (χ0n) is 13.2. The monoisotopic (exact) mass is 311 g/mol. The molecule has 3 rings (SSSR count). The first-order chi connectivity index (χ1) is 11.0. The maximum Gasteiger partial charge on any atom is 0.342 e. The number of esters is 1. The Bertz CT molecular complexity index is 892. The predicted molar refractivity (Wildman–Crippen MR) is 85.5 cm³/mol. The Kier molecular flexibility index (Phi) is 3.73. The lowest BCUT2D eigenvalue weighted by atomic mass is 10.1. The van der Waals surface area contributed by atoms with Crippen LogP contribution >= 0.6 is 0 Å². The van der Waals surface area contributed by atoms with Gasteiger partial charge >= 0.3 is 5.97 Å². The second-order valence-corrected chi connectivity index (χ2v) is 5.43. The lowest BCUT2D eigenvalue weighted by Crippen LogP contribution is -2.24. The molecular weight excluding hydrogens is 294 g/mol. The highest BCUT2D eigenvalue weighted by Crippen LogP contribution is 2.20. The Morgan fingerprint density at radius 1 is 1.26 bits per heavy atom. The van der Waals surface area contributed by atoms with Gasteiger partial charge in [-0.05, 0) is 19.9 Å². The minimum Gasteiger partial charge on any atom is -0.451 e. The van der Waals surface area contributed by atoms with Crippen molar-refractivity contribution in [1.29, 1.82) is 0 Å². The molecule has 2 heterocycles. The maximum absolute atomic E-state index is 12.6. The number of rotatable bonds is 4. The van der Waals surface area contributed by atoms with Gasteiger partial charge in [-0.2, -0.15) is 5.10 Å². The number of H-pyrrole nitrogens is 1. The van der Waals surface area contributed by atoms with E-state index in [2.05, 4.69) is 10.1 Å². The normalized spacial score (nSPS) is 12.3. The number of ether oxygens (including phenoxy) is 1. The van der Waals surface area contributed by atoms with Crippen molar-refractivity contribution in [2.75, 3.05) is 0 Å². The highest BCUT2D eigenvalue weighted by Gasteiger charge is 2.24. The van der Waals surface area contributed by atoms with Crippen molar-refractivity contribution in [3.8, 4) is 0 Å². The molecule has 1 aromatic carbocycles. The van der Waals surface area contributed by atoms with Gasteiger partial charge in [-0.3, -0.25) is 9.48 Å². The molecule has 0 saturated heterocycles. The third kappa shape index (κ3) is 2.63. The van der Waals surface area contributed by atoms with E-state index in [-0.39, 0.29) is 5.78 Å². The minimum atomic E-state index is -0.874. The Balaban J connectivity index is 1.80. The van der Waals surface area contributed by atoms with Gasteiger partial charge in [0, 0.05) is 35.4 Å². The number of carbonyl (C=O) groups excluding carboxylic acids is 2. The zero-order chi connectivity index (χ0) is 16.6. The second-order valence-electron chi connectivity index (χ2n) is 5.43. The third-order valence-electron chi connectivity index (χ3n) is 3.96. The summed E-state index contributed by atoms with van der Waals surface area (Å²) in [6.07, 6.45) is 2.22. The molecule has 0 saturated carbocycles. The number of aryl methyl sites for hydroxylation is 1. The van der Waals surface area contributed by atoms with Crippen LogP contribution in [0.4, 0.5) is 0 Å². The number of para-hydroxylation sites is 1. The number of ketones is 1. The molecule has 0 aliphatic carbocycles. The van der Waals surface area contributed by atoms with Crippen LogP contribution in [0.3, 0.4) is 0 Å². The molecule has 3 aromatic rings. The summed E-state index contributed by atoms with van der Waals surface area (Å²) in [5, 5.41) is 4.82. The van der Waals surface area contributed by atoms with Gasteiger partial charge in [0.05, 0.1) is 6.20 Å². The summed E-state index contributed by atoms with van der Waals surface area (Å²) in [5.41, 5.74) is 2.45. The maximum atomic E-state index is 12.6. The van der Waals surface area contributed by atoms with Crippen LogP contribution in [0.5, 0.6) is 0 Å². The molecule has 0 amide bonds. The van der Waals surface area contributed by atoms with Crippen molar-refractivity contribution in [3.63, 3.8) is 0 Å². The van der Waals surface area contributed by atoms with E-state index < -0.39 is 12.1 Å². The fourth-order valence-electron chi connectivity index (χ4n) is 2.47. The van der Waals surface area contributed by atoms with Crippen LogP contribution in [0.15, 0.2) is 36.7 Å². The Morgan fingerprint density at radius 3 is 2.70 bits per heavy atom. The molecule has 0 unspecified atom stereocenters. The molecule has 0 spiro atoms. The summed E-state index contributed by atoms with van der Waals surface area (Å²) in [6.45, 7) is 3.35. The molecule has 0 aliphatic rings. The van der Waals surface area contributed by atoms with Crippen molar-refractivity contribution in [3.05, 3.63) is 53.5 Å². The molecule has 0 bridgehead atoms. The number of fused-ring (bicyclic) bond motifs is 1. The topological polar surface area (TPSA) is 77.0 Å². The standard InChI is InChI=1S/C17H17N3O3/c1-10-13(9-19-20(10)3)17(22)23-11(2)16(21)14-8-18-15-7-5-4-6-12(14)15/h4-9,11,18H,1-3H3/t11-/m1/s1. The van der Waals surface area contributed by atoms with Crippen LogP contribution in [0.25, 0.3) is 10.9 Å². The largest absolute Gasteiger partial charge is 0.451 e.